The van der Waals surface area contributed by atoms with E-state index in [1.54, 1.807) is 6.07 Å². The molecule has 4 N–H and O–H groups in total. The Kier molecular flexibility index (Phi) is 2.91. The predicted molar refractivity (Wildman–Crippen MR) is 65.2 cm³/mol. The quantitative estimate of drug-likeness (QED) is 0.612. The molecule has 1 aromatic heterocycles. The summed E-state index contributed by atoms with van der Waals surface area (Å²) in [5, 5.41) is 28.8. The van der Waals surface area contributed by atoms with Crippen LogP contribution in [0.4, 0.5) is 5.69 Å². The molecule has 0 aliphatic carbocycles. The van der Waals surface area contributed by atoms with Crippen molar-refractivity contribution in [3.05, 3.63) is 35.2 Å². The number of nitrogens with one attached hydrogen (secondary N) is 2. The fourth-order valence-electron chi connectivity index (χ4n) is 1.68. The molecule has 0 fully saturated rings. The molecule has 0 saturated heterocycles. The minimum atomic E-state index is -0.107. The van der Waals surface area contributed by atoms with Crippen LogP contribution < -0.4 is 5.32 Å². The number of hydrogen-bond acceptors (Lipinski definition) is 4. The van der Waals surface area contributed by atoms with E-state index >= 15 is 0 Å². The van der Waals surface area contributed by atoms with E-state index in [1.165, 1.54) is 12.1 Å². The van der Waals surface area contributed by atoms with Gasteiger partial charge in [-0.3, -0.25) is 5.10 Å². The first kappa shape index (κ1) is 11.3. The summed E-state index contributed by atoms with van der Waals surface area (Å²) < 4.78 is 0. The minimum Gasteiger partial charge on any atom is -0.504 e. The molecule has 17 heavy (non-hydrogen) atoms. The number of phenolic OH excluding ortho intramolecular Hbond substituents is 2. The highest BCUT2D eigenvalue weighted by atomic mass is 16.3. The predicted octanol–water partition coefficient (Wildman–Crippen LogP) is 2.05. The van der Waals surface area contributed by atoms with Gasteiger partial charge in [-0.25, -0.2) is 0 Å². The second-order valence-corrected chi connectivity index (χ2v) is 3.99. The highest BCUT2D eigenvalue weighted by molar-refractivity contribution is 5.52. The maximum Gasteiger partial charge on any atom is 0.157 e. The van der Waals surface area contributed by atoms with Crippen LogP contribution in [0.1, 0.15) is 17.0 Å². The van der Waals surface area contributed by atoms with Gasteiger partial charge in [0.1, 0.15) is 0 Å². The van der Waals surface area contributed by atoms with Crippen molar-refractivity contribution < 1.29 is 10.2 Å². The average Bonchev–Trinajstić information content (AvgIpc) is 2.61. The molecule has 1 aromatic carbocycles. The van der Waals surface area contributed by atoms with Crippen LogP contribution in [0.3, 0.4) is 0 Å². The minimum absolute atomic E-state index is 0.107. The summed E-state index contributed by atoms with van der Waals surface area (Å²) in [6, 6.07) is 4.77. The van der Waals surface area contributed by atoms with Crippen LogP contribution in [0.5, 0.6) is 11.5 Å². The molecule has 0 aliphatic heterocycles. The van der Waals surface area contributed by atoms with E-state index in [1.807, 2.05) is 13.8 Å². The fourth-order valence-corrected chi connectivity index (χ4v) is 1.68. The third kappa shape index (κ3) is 2.33. The third-order valence-electron chi connectivity index (χ3n) is 2.64. The molecule has 5 nitrogen and oxygen atoms in total. The van der Waals surface area contributed by atoms with Crippen LogP contribution in [-0.4, -0.2) is 20.4 Å². The van der Waals surface area contributed by atoms with Crippen molar-refractivity contribution in [2.75, 3.05) is 5.32 Å². The molecule has 0 atom stereocenters. The van der Waals surface area contributed by atoms with Gasteiger partial charge in [-0.15, -0.1) is 0 Å². The molecule has 2 rings (SSSR count). The van der Waals surface area contributed by atoms with Crippen molar-refractivity contribution in [3.63, 3.8) is 0 Å². The number of hydrogen-bond donors (Lipinski definition) is 4. The number of nitrogens with zero attached hydrogens (tertiary/aromatic N) is 1. The summed E-state index contributed by atoms with van der Waals surface area (Å²) in [6.45, 7) is 4.42. The van der Waals surface area contributed by atoms with Crippen LogP contribution in [-0.2, 0) is 6.54 Å². The Morgan fingerprint density at radius 2 is 2.00 bits per heavy atom. The number of aromatic nitrogens is 2. The molecule has 0 amide bonds. The Hall–Kier alpha value is -2.17. The molecule has 0 saturated carbocycles. The molecule has 5 heteroatoms. The maximum absolute atomic E-state index is 9.37. The molecule has 90 valence electrons. The second-order valence-electron chi connectivity index (χ2n) is 3.99. The van der Waals surface area contributed by atoms with E-state index in [0.29, 0.717) is 6.54 Å². The Bertz CT molecular complexity index is 515. The summed E-state index contributed by atoms with van der Waals surface area (Å²) in [6.07, 6.45) is 0. The highest BCUT2D eigenvalue weighted by Gasteiger charge is 2.06. The van der Waals surface area contributed by atoms with E-state index in [-0.39, 0.29) is 11.5 Å². The van der Waals surface area contributed by atoms with Crippen molar-refractivity contribution in [1.82, 2.24) is 10.2 Å². The molecule has 0 bridgehead atoms. The molecule has 0 unspecified atom stereocenters. The lowest BCUT2D eigenvalue weighted by atomic mass is 10.2. The lowest BCUT2D eigenvalue weighted by Crippen LogP contribution is -2.00. The maximum atomic E-state index is 9.37. The monoisotopic (exact) mass is 233 g/mol. The van der Waals surface area contributed by atoms with Gasteiger partial charge in [0.05, 0.1) is 17.1 Å². The average molecular weight is 233 g/mol. The molecular formula is C12H15N3O2. The van der Waals surface area contributed by atoms with Gasteiger partial charge in [0.2, 0.25) is 0 Å². The van der Waals surface area contributed by atoms with Crippen LogP contribution in [0, 0.1) is 13.8 Å². The van der Waals surface area contributed by atoms with Gasteiger partial charge >= 0.3 is 0 Å². The number of aryl methyl sites for hydroxylation is 2. The van der Waals surface area contributed by atoms with Crippen molar-refractivity contribution in [1.29, 1.82) is 0 Å². The second kappa shape index (κ2) is 4.37. The first-order valence-corrected chi connectivity index (χ1v) is 5.34. The van der Waals surface area contributed by atoms with Crippen molar-refractivity contribution in [3.8, 4) is 11.5 Å². The lowest BCUT2D eigenvalue weighted by molar-refractivity contribution is 0.403. The first-order chi connectivity index (χ1) is 8.08. The van der Waals surface area contributed by atoms with Crippen LogP contribution in [0.15, 0.2) is 18.2 Å². The summed E-state index contributed by atoms with van der Waals surface area (Å²) in [7, 11) is 0. The first-order valence-electron chi connectivity index (χ1n) is 5.34. The number of aromatic hydroxyl groups is 2. The standard InChI is InChI=1S/C12H15N3O2/c1-7-12(8(2)15-14-7)13-6-9-3-4-10(16)11(17)5-9/h3-5,13,16-17H,6H2,1-2H3,(H,14,15). The number of rotatable bonds is 3. The molecule has 0 aliphatic rings. The zero-order valence-electron chi connectivity index (χ0n) is 9.78. The van der Waals surface area contributed by atoms with Gasteiger partial charge < -0.3 is 15.5 Å². The fraction of sp³-hybridized carbons (Fsp3) is 0.250. The van der Waals surface area contributed by atoms with Gasteiger partial charge in [0.25, 0.3) is 0 Å². The van der Waals surface area contributed by atoms with Gasteiger partial charge in [-0.2, -0.15) is 5.10 Å². The summed E-state index contributed by atoms with van der Waals surface area (Å²) in [5.74, 6) is -0.214. The van der Waals surface area contributed by atoms with Crippen molar-refractivity contribution in [2.24, 2.45) is 0 Å². The Morgan fingerprint density at radius 3 is 2.59 bits per heavy atom. The SMILES string of the molecule is Cc1n[nH]c(C)c1NCc1ccc(O)c(O)c1. The number of phenols is 2. The molecule has 1 heterocycles. The Balaban J connectivity index is 2.10. The third-order valence-corrected chi connectivity index (χ3v) is 2.64. The summed E-state index contributed by atoms with van der Waals surface area (Å²) in [4.78, 5) is 0. The Morgan fingerprint density at radius 1 is 1.24 bits per heavy atom. The highest BCUT2D eigenvalue weighted by Crippen LogP contribution is 2.25. The smallest absolute Gasteiger partial charge is 0.157 e. The number of aromatic amines is 1. The zero-order valence-corrected chi connectivity index (χ0v) is 9.78. The lowest BCUT2D eigenvalue weighted by Gasteiger charge is -2.07. The summed E-state index contributed by atoms with van der Waals surface area (Å²) in [5.41, 5.74) is 3.74. The van der Waals surface area contributed by atoms with Crippen LogP contribution >= 0.6 is 0 Å². The van der Waals surface area contributed by atoms with Crippen LogP contribution in [0.25, 0.3) is 0 Å². The van der Waals surface area contributed by atoms with Gasteiger partial charge in [0.15, 0.2) is 11.5 Å². The molecular weight excluding hydrogens is 218 g/mol. The number of H-pyrrole nitrogens is 1. The topological polar surface area (TPSA) is 81.2 Å². The largest absolute Gasteiger partial charge is 0.504 e. The van der Waals surface area contributed by atoms with Gasteiger partial charge in [-0.1, -0.05) is 6.07 Å². The molecule has 0 spiro atoms. The van der Waals surface area contributed by atoms with Gasteiger partial charge in [0, 0.05) is 6.54 Å². The van der Waals surface area contributed by atoms with E-state index < -0.39 is 0 Å². The van der Waals surface area contributed by atoms with E-state index in [4.69, 9.17) is 0 Å². The number of anilines is 1. The number of benzene rings is 1. The van der Waals surface area contributed by atoms with E-state index in [9.17, 15) is 10.2 Å². The normalized spacial score (nSPS) is 10.5. The van der Waals surface area contributed by atoms with Gasteiger partial charge in [-0.05, 0) is 31.5 Å². The Labute approximate surface area is 99.1 Å². The van der Waals surface area contributed by atoms with E-state index in [2.05, 4.69) is 15.5 Å². The molecule has 2 aromatic rings. The zero-order chi connectivity index (χ0) is 12.4. The van der Waals surface area contributed by atoms with E-state index in [0.717, 1.165) is 22.6 Å². The van der Waals surface area contributed by atoms with Crippen molar-refractivity contribution >= 4 is 5.69 Å². The van der Waals surface area contributed by atoms with Crippen LogP contribution in [0.2, 0.25) is 0 Å². The van der Waals surface area contributed by atoms with Crippen molar-refractivity contribution in [2.45, 2.75) is 20.4 Å². The summed E-state index contributed by atoms with van der Waals surface area (Å²) >= 11 is 0. The molecule has 0 radical (unpaired) electrons.